The van der Waals surface area contributed by atoms with E-state index in [1.165, 1.54) is 0 Å². The van der Waals surface area contributed by atoms with Crippen LogP contribution in [0.25, 0.3) is 11.4 Å². The van der Waals surface area contributed by atoms with E-state index in [0.717, 1.165) is 29.5 Å². The van der Waals surface area contributed by atoms with Crippen molar-refractivity contribution in [2.24, 2.45) is 0 Å². The van der Waals surface area contributed by atoms with Gasteiger partial charge in [-0.1, -0.05) is 0 Å². The topological polar surface area (TPSA) is 125 Å². The summed E-state index contributed by atoms with van der Waals surface area (Å²) < 4.78 is 37.6. The summed E-state index contributed by atoms with van der Waals surface area (Å²) in [4.78, 5) is 12.9. The van der Waals surface area contributed by atoms with Gasteiger partial charge in [-0.3, -0.25) is 14.3 Å². The Morgan fingerprint density at radius 3 is 2.29 bits per heavy atom. The second-order valence-corrected chi connectivity index (χ2v) is 11.5. The van der Waals surface area contributed by atoms with E-state index < -0.39 is 21.4 Å². The fourth-order valence-corrected chi connectivity index (χ4v) is 4.82. The molecule has 1 saturated carbocycles. The minimum Gasteiger partial charge on any atom is -0.366 e. The van der Waals surface area contributed by atoms with Gasteiger partial charge in [0.1, 0.15) is 11.4 Å². The number of pyridine rings is 1. The number of ether oxygens (including phenoxy) is 1. The van der Waals surface area contributed by atoms with Gasteiger partial charge in [0.2, 0.25) is 16.0 Å². The average molecular weight is 486 g/mol. The van der Waals surface area contributed by atoms with Crippen molar-refractivity contribution in [3.05, 3.63) is 47.8 Å². The number of hydrogen-bond donors (Lipinski definition) is 1. The highest BCUT2D eigenvalue weighted by molar-refractivity contribution is 7.93. The number of nitrogens with one attached hydrogen (secondary N) is 1. The van der Waals surface area contributed by atoms with Gasteiger partial charge in [0, 0.05) is 35.9 Å². The van der Waals surface area contributed by atoms with Gasteiger partial charge in [-0.25, -0.2) is 18.4 Å². The molecule has 3 heterocycles. The number of nitrogens with zero attached hydrogens (tertiary/aromatic N) is 6. The van der Waals surface area contributed by atoms with Crippen LogP contribution in [0.15, 0.2) is 30.9 Å². The summed E-state index contributed by atoms with van der Waals surface area (Å²) in [6.07, 6.45) is 7.50. The van der Waals surface area contributed by atoms with Crippen LogP contribution in [0.3, 0.4) is 0 Å². The molecule has 0 saturated heterocycles. The van der Waals surface area contributed by atoms with E-state index in [2.05, 4.69) is 36.8 Å². The monoisotopic (exact) mass is 485 g/mol. The number of sulfonamides is 1. The normalized spacial score (nSPS) is 16.9. The Labute approximate surface area is 200 Å². The van der Waals surface area contributed by atoms with Gasteiger partial charge in [-0.05, 0) is 71.6 Å². The highest BCUT2D eigenvalue weighted by Crippen LogP contribution is 2.47. The molecule has 0 amide bonds. The molecule has 10 nitrogen and oxygen atoms in total. The summed E-state index contributed by atoms with van der Waals surface area (Å²) in [6.45, 7) is 11.2. The Morgan fingerprint density at radius 1 is 1.03 bits per heavy atom. The lowest BCUT2D eigenvalue weighted by Gasteiger charge is -2.26. The van der Waals surface area contributed by atoms with Crippen molar-refractivity contribution in [2.75, 3.05) is 4.72 Å². The van der Waals surface area contributed by atoms with Crippen LogP contribution in [0.5, 0.6) is 0 Å². The van der Waals surface area contributed by atoms with Crippen molar-refractivity contribution >= 4 is 16.0 Å². The highest BCUT2D eigenvalue weighted by atomic mass is 32.2. The molecule has 3 aromatic heterocycles. The predicted molar refractivity (Wildman–Crippen MR) is 129 cm³/mol. The van der Waals surface area contributed by atoms with Crippen LogP contribution in [0.2, 0.25) is 0 Å². The molecule has 4 rings (SSSR count). The smallest absolute Gasteiger partial charge is 0.240 e. The zero-order chi connectivity index (χ0) is 24.7. The maximum atomic E-state index is 13.5. The van der Waals surface area contributed by atoms with Crippen molar-refractivity contribution in [2.45, 2.75) is 77.4 Å². The SMILES string of the molecule is Cc1cnc(C(OC(C)C)C(C)S(=O)(=O)Nc2nnc(-c3cncc(C)c3)n2C2(C)CC2)nc1. The molecule has 2 atom stereocenters. The second-order valence-electron chi connectivity index (χ2n) is 9.51. The first-order valence-electron chi connectivity index (χ1n) is 11.3. The third-order valence-corrected chi connectivity index (χ3v) is 7.63. The molecule has 0 spiro atoms. The zero-order valence-electron chi connectivity index (χ0n) is 20.3. The number of aromatic nitrogens is 6. The quantitative estimate of drug-likeness (QED) is 0.488. The summed E-state index contributed by atoms with van der Waals surface area (Å²) >= 11 is 0. The van der Waals surface area contributed by atoms with Gasteiger partial charge in [0.15, 0.2) is 11.6 Å². The van der Waals surface area contributed by atoms with Crippen LogP contribution in [0.1, 0.15) is 63.6 Å². The minimum absolute atomic E-state index is 0.177. The van der Waals surface area contributed by atoms with Gasteiger partial charge in [0.05, 0.1) is 6.10 Å². The van der Waals surface area contributed by atoms with Crippen LogP contribution in [-0.4, -0.2) is 49.5 Å². The van der Waals surface area contributed by atoms with E-state index in [0.29, 0.717) is 11.6 Å². The largest absolute Gasteiger partial charge is 0.366 e. The molecule has 1 aliphatic carbocycles. The van der Waals surface area contributed by atoms with Crippen LogP contribution < -0.4 is 4.72 Å². The molecule has 1 aliphatic rings. The maximum absolute atomic E-state index is 13.5. The Bertz CT molecular complexity index is 1270. The summed E-state index contributed by atoms with van der Waals surface area (Å²) in [7, 11) is -3.94. The molecular formula is C23H31N7O3S. The van der Waals surface area contributed by atoms with Crippen LogP contribution in [-0.2, 0) is 20.3 Å². The maximum Gasteiger partial charge on any atom is 0.240 e. The first-order chi connectivity index (χ1) is 16.0. The fraction of sp³-hybridized carbons (Fsp3) is 0.522. The standard InChI is InChI=1S/C23H31N7O3S/c1-14(2)33-19(20-25-11-16(4)12-26-20)17(5)34(31,32)29-22-28-27-21(30(22)23(6)7-8-23)18-9-15(3)10-24-13-18/h9-14,17,19H,7-8H2,1-6H3,(H,28,29). The molecule has 0 aliphatic heterocycles. The summed E-state index contributed by atoms with van der Waals surface area (Å²) in [5.41, 5.74) is 2.38. The number of hydrogen-bond acceptors (Lipinski definition) is 8. The molecule has 182 valence electrons. The Kier molecular flexibility index (Phi) is 6.43. The average Bonchev–Trinajstić information content (AvgIpc) is 3.37. The molecule has 0 aromatic carbocycles. The van der Waals surface area contributed by atoms with Gasteiger partial charge >= 0.3 is 0 Å². The molecule has 1 fully saturated rings. The van der Waals surface area contributed by atoms with Crippen LogP contribution >= 0.6 is 0 Å². The molecule has 34 heavy (non-hydrogen) atoms. The van der Waals surface area contributed by atoms with Gasteiger partial charge in [-0.15, -0.1) is 10.2 Å². The summed E-state index contributed by atoms with van der Waals surface area (Å²) in [5.74, 6) is 1.08. The lowest BCUT2D eigenvalue weighted by Crippen LogP contribution is -2.35. The first-order valence-corrected chi connectivity index (χ1v) is 12.9. The molecule has 0 radical (unpaired) electrons. The molecule has 2 unspecified atom stereocenters. The van der Waals surface area contributed by atoms with Crippen LogP contribution in [0, 0.1) is 13.8 Å². The Hall–Kier alpha value is -2.92. The van der Waals surface area contributed by atoms with E-state index in [9.17, 15) is 8.42 Å². The van der Waals surface area contributed by atoms with Crippen molar-refractivity contribution in [3.8, 4) is 11.4 Å². The van der Waals surface area contributed by atoms with Crippen molar-refractivity contribution in [1.29, 1.82) is 0 Å². The number of aryl methyl sites for hydroxylation is 2. The van der Waals surface area contributed by atoms with Crippen molar-refractivity contribution in [1.82, 2.24) is 29.7 Å². The summed E-state index contributed by atoms with van der Waals surface area (Å²) in [5, 5.41) is 7.57. The third-order valence-electron chi connectivity index (χ3n) is 5.93. The van der Waals surface area contributed by atoms with E-state index in [-0.39, 0.29) is 17.6 Å². The van der Waals surface area contributed by atoms with Gasteiger partial charge in [0.25, 0.3) is 0 Å². The fourth-order valence-electron chi connectivity index (χ4n) is 3.74. The van der Waals surface area contributed by atoms with Crippen molar-refractivity contribution < 1.29 is 13.2 Å². The predicted octanol–water partition coefficient (Wildman–Crippen LogP) is 3.55. The Balaban J connectivity index is 1.69. The molecule has 1 N–H and O–H groups in total. The molecule has 3 aromatic rings. The number of rotatable bonds is 9. The third kappa shape index (κ3) is 4.95. The lowest BCUT2D eigenvalue weighted by atomic mass is 10.2. The van der Waals surface area contributed by atoms with Crippen LogP contribution in [0.4, 0.5) is 5.95 Å². The molecular weight excluding hydrogens is 454 g/mol. The minimum atomic E-state index is -3.94. The highest BCUT2D eigenvalue weighted by Gasteiger charge is 2.44. The van der Waals surface area contributed by atoms with Gasteiger partial charge in [-0.2, -0.15) is 0 Å². The second kappa shape index (κ2) is 9.03. The van der Waals surface area contributed by atoms with E-state index in [1.807, 2.05) is 38.3 Å². The lowest BCUT2D eigenvalue weighted by molar-refractivity contribution is 0.00152. The zero-order valence-corrected chi connectivity index (χ0v) is 21.2. The van der Waals surface area contributed by atoms with E-state index in [4.69, 9.17) is 4.74 Å². The summed E-state index contributed by atoms with van der Waals surface area (Å²) in [6, 6.07) is 1.96. The first kappa shape index (κ1) is 24.2. The molecule has 11 heteroatoms. The Morgan fingerprint density at radius 2 is 1.71 bits per heavy atom. The molecule has 0 bridgehead atoms. The van der Waals surface area contributed by atoms with E-state index in [1.54, 1.807) is 31.7 Å². The van der Waals surface area contributed by atoms with Gasteiger partial charge < -0.3 is 4.74 Å². The van der Waals surface area contributed by atoms with E-state index >= 15 is 0 Å². The van der Waals surface area contributed by atoms with Crippen molar-refractivity contribution in [3.63, 3.8) is 0 Å². The number of anilines is 1.